The summed E-state index contributed by atoms with van der Waals surface area (Å²) in [6.07, 6.45) is -5.93. The van der Waals surface area contributed by atoms with Crippen LogP contribution in [0.25, 0.3) is 0 Å². The van der Waals surface area contributed by atoms with Crippen LogP contribution in [0.5, 0.6) is 0 Å². The van der Waals surface area contributed by atoms with Crippen LogP contribution in [0.4, 0.5) is 22.0 Å². The number of amides is 1. The second kappa shape index (κ2) is 13.1. The van der Waals surface area contributed by atoms with Crippen molar-refractivity contribution in [1.82, 2.24) is 14.9 Å². The largest absolute Gasteiger partial charge is 0.404 e. The highest BCUT2D eigenvalue weighted by atomic mass is 32.2. The van der Waals surface area contributed by atoms with Crippen LogP contribution >= 0.6 is 0 Å². The van der Waals surface area contributed by atoms with Gasteiger partial charge >= 0.3 is 6.18 Å². The van der Waals surface area contributed by atoms with Crippen LogP contribution in [0.3, 0.4) is 0 Å². The summed E-state index contributed by atoms with van der Waals surface area (Å²) in [7, 11) is -4.57. The number of benzene rings is 2. The third kappa shape index (κ3) is 9.19. The first-order valence-electron chi connectivity index (χ1n) is 13.3. The fraction of sp³-hybridized carbons (Fsp3) is 0.536. The lowest BCUT2D eigenvalue weighted by Crippen LogP contribution is -2.56. The first-order valence-corrected chi connectivity index (χ1v) is 14.9. The lowest BCUT2D eigenvalue weighted by atomic mass is 9.80. The van der Waals surface area contributed by atoms with Gasteiger partial charge in [-0.1, -0.05) is 38.1 Å². The SMILES string of the molecule is CC(=O)N[C@@H](Cc1cc(F)cc(F)c1)[C@H](O)CNC1(c2cccc(C(C)C)c2)CCN(S(=O)(=O)CC(F)(F)F)CC1. The Morgan fingerprint density at radius 2 is 1.68 bits per heavy atom. The Morgan fingerprint density at radius 3 is 2.22 bits per heavy atom. The van der Waals surface area contributed by atoms with E-state index in [0.717, 1.165) is 27.6 Å². The van der Waals surface area contributed by atoms with Crippen molar-refractivity contribution in [2.75, 3.05) is 25.4 Å². The molecule has 1 aliphatic rings. The number of aliphatic hydroxyl groups excluding tert-OH is 1. The summed E-state index contributed by atoms with van der Waals surface area (Å²) in [4.78, 5) is 11.9. The average molecular weight is 606 g/mol. The van der Waals surface area contributed by atoms with Gasteiger partial charge in [0.2, 0.25) is 15.9 Å². The molecule has 0 unspecified atom stereocenters. The van der Waals surface area contributed by atoms with E-state index in [4.69, 9.17) is 0 Å². The summed E-state index contributed by atoms with van der Waals surface area (Å²) in [6.45, 7) is 4.79. The number of carbonyl (C=O) groups excluding carboxylic acids is 1. The molecule has 1 heterocycles. The molecule has 0 saturated carbocycles. The molecule has 1 saturated heterocycles. The lowest BCUT2D eigenvalue weighted by molar-refractivity contribution is -0.120. The van der Waals surface area contributed by atoms with E-state index in [1.54, 1.807) is 0 Å². The van der Waals surface area contributed by atoms with Gasteiger partial charge in [-0.15, -0.1) is 0 Å². The van der Waals surface area contributed by atoms with E-state index in [1.807, 2.05) is 38.1 Å². The molecule has 1 amide bonds. The van der Waals surface area contributed by atoms with Crippen LogP contribution in [-0.2, 0) is 26.8 Å². The monoisotopic (exact) mass is 605 g/mol. The number of carbonyl (C=O) groups is 1. The topological polar surface area (TPSA) is 98.7 Å². The quantitative estimate of drug-likeness (QED) is 0.337. The van der Waals surface area contributed by atoms with Crippen molar-refractivity contribution < 1.29 is 40.3 Å². The van der Waals surface area contributed by atoms with Crippen LogP contribution in [0.1, 0.15) is 56.2 Å². The van der Waals surface area contributed by atoms with Crippen LogP contribution in [0.2, 0.25) is 0 Å². The van der Waals surface area contributed by atoms with Gasteiger partial charge < -0.3 is 15.7 Å². The number of rotatable bonds is 11. The molecule has 0 bridgehead atoms. The number of sulfonamides is 1. The molecule has 0 aliphatic carbocycles. The maximum atomic E-state index is 13.8. The number of hydrogen-bond donors (Lipinski definition) is 3. The number of hydrogen-bond acceptors (Lipinski definition) is 5. The zero-order chi connectivity index (χ0) is 30.6. The first-order chi connectivity index (χ1) is 19.0. The maximum absolute atomic E-state index is 13.8. The molecule has 1 aliphatic heterocycles. The first kappa shape index (κ1) is 32.9. The Labute approximate surface area is 237 Å². The van der Waals surface area contributed by atoms with Crippen molar-refractivity contribution >= 4 is 15.9 Å². The molecular formula is C28H36F5N3O4S. The molecule has 2 aromatic carbocycles. The number of alkyl halides is 3. The highest BCUT2D eigenvalue weighted by molar-refractivity contribution is 7.89. The van der Waals surface area contributed by atoms with Gasteiger partial charge in [0.1, 0.15) is 11.6 Å². The third-order valence-corrected chi connectivity index (χ3v) is 9.15. The Kier molecular flexibility index (Phi) is 10.5. The Morgan fingerprint density at radius 1 is 1.07 bits per heavy atom. The van der Waals surface area contributed by atoms with Gasteiger partial charge in [0, 0.05) is 38.2 Å². The van der Waals surface area contributed by atoms with Gasteiger partial charge in [-0.05, 0) is 54.0 Å². The van der Waals surface area contributed by atoms with Gasteiger partial charge in [0.05, 0.1) is 12.1 Å². The van der Waals surface area contributed by atoms with E-state index >= 15 is 0 Å². The maximum Gasteiger partial charge on any atom is 0.404 e. The molecule has 41 heavy (non-hydrogen) atoms. The summed E-state index contributed by atoms with van der Waals surface area (Å²) >= 11 is 0. The van der Waals surface area contributed by atoms with Crippen LogP contribution in [-0.4, -0.2) is 67.4 Å². The molecule has 0 aromatic heterocycles. The summed E-state index contributed by atoms with van der Waals surface area (Å²) < 4.78 is 91.9. The minimum Gasteiger partial charge on any atom is -0.390 e. The van der Waals surface area contributed by atoms with Gasteiger partial charge in [-0.3, -0.25) is 4.79 Å². The fourth-order valence-corrected chi connectivity index (χ4v) is 6.51. The number of halogens is 5. The number of piperidine rings is 1. The highest BCUT2D eigenvalue weighted by Gasteiger charge is 2.43. The van der Waals surface area contributed by atoms with E-state index in [9.17, 15) is 40.3 Å². The Balaban J connectivity index is 1.86. The Bertz CT molecular complexity index is 1290. The van der Waals surface area contributed by atoms with E-state index in [1.165, 1.54) is 6.92 Å². The van der Waals surface area contributed by atoms with E-state index in [2.05, 4.69) is 10.6 Å². The van der Waals surface area contributed by atoms with Crippen molar-refractivity contribution in [3.05, 3.63) is 70.8 Å². The number of nitrogens with one attached hydrogen (secondary N) is 2. The van der Waals surface area contributed by atoms with Crippen molar-refractivity contribution in [3.8, 4) is 0 Å². The number of nitrogens with zero attached hydrogens (tertiary/aromatic N) is 1. The molecule has 0 radical (unpaired) electrons. The zero-order valence-electron chi connectivity index (χ0n) is 23.1. The molecule has 3 rings (SSSR count). The molecular weight excluding hydrogens is 569 g/mol. The molecule has 228 valence electrons. The standard InChI is InChI=1S/C28H36F5N3O4S/c1-18(2)21-5-4-6-22(14-21)27(7-9-36(10-8-27)41(39,40)17-28(31,32)33)34-16-26(38)25(35-19(3)37)13-20-11-23(29)15-24(30)12-20/h4-6,11-12,14-15,18,25-26,34,38H,7-10,13,16-17H2,1-3H3,(H,35,37)/t25-,26+/m0/s1. The second-order valence-corrected chi connectivity index (χ2v) is 12.8. The summed E-state index contributed by atoms with van der Waals surface area (Å²) in [5, 5.41) is 17.0. The van der Waals surface area contributed by atoms with Crippen LogP contribution in [0, 0.1) is 11.6 Å². The van der Waals surface area contributed by atoms with E-state index < -0.39 is 57.2 Å². The van der Waals surface area contributed by atoms with Gasteiger partial charge in [-0.2, -0.15) is 13.2 Å². The van der Waals surface area contributed by atoms with Crippen molar-refractivity contribution in [2.45, 2.75) is 69.8 Å². The molecule has 3 N–H and O–H groups in total. The van der Waals surface area contributed by atoms with Gasteiger partial charge in [-0.25, -0.2) is 21.5 Å². The third-order valence-electron chi connectivity index (χ3n) is 7.30. The minimum absolute atomic E-state index is 0.0730. The number of aliphatic hydroxyl groups is 1. The molecule has 13 heteroatoms. The van der Waals surface area contributed by atoms with Crippen molar-refractivity contribution in [2.24, 2.45) is 0 Å². The Hall–Kier alpha value is -2.61. The molecule has 2 aromatic rings. The molecule has 2 atom stereocenters. The normalized spacial score (nSPS) is 17.8. The molecule has 1 fully saturated rings. The van der Waals surface area contributed by atoms with Crippen LogP contribution in [0.15, 0.2) is 42.5 Å². The van der Waals surface area contributed by atoms with E-state index in [-0.39, 0.29) is 50.4 Å². The van der Waals surface area contributed by atoms with Crippen LogP contribution < -0.4 is 10.6 Å². The van der Waals surface area contributed by atoms with Crippen molar-refractivity contribution in [1.29, 1.82) is 0 Å². The summed E-state index contributed by atoms with van der Waals surface area (Å²) in [6, 6.07) is 9.57. The van der Waals surface area contributed by atoms with Gasteiger partial charge in [0.25, 0.3) is 0 Å². The predicted molar refractivity (Wildman–Crippen MR) is 145 cm³/mol. The van der Waals surface area contributed by atoms with Crippen molar-refractivity contribution in [3.63, 3.8) is 0 Å². The fourth-order valence-electron chi connectivity index (χ4n) is 5.18. The summed E-state index contributed by atoms with van der Waals surface area (Å²) in [5.41, 5.74) is 1.11. The average Bonchev–Trinajstić information content (AvgIpc) is 2.85. The van der Waals surface area contributed by atoms with Gasteiger partial charge in [0.15, 0.2) is 5.75 Å². The second-order valence-electron chi connectivity index (χ2n) is 10.9. The molecule has 0 spiro atoms. The van der Waals surface area contributed by atoms with E-state index in [0.29, 0.717) is 6.07 Å². The highest BCUT2D eigenvalue weighted by Crippen LogP contribution is 2.36. The molecule has 7 nitrogen and oxygen atoms in total. The smallest absolute Gasteiger partial charge is 0.390 e. The summed E-state index contributed by atoms with van der Waals surface area (Å²) in [5.74, 6) is -3.84. The minimum atomic E-state index is -4.87. The zero-order valence-corrected chi connectivity index (χ0v) is 24.0. The predicted octanol–water partition coefficient (Wildman–Crippen LogP) is 3.97. The lowest BCUT2D eigenvalue weighted by Gasteiger charge is -2.43.